The molecule has 0 aromatic carbocycles. The number of rotatable bonds is 2. The first-order chi connectivity index (χ1) is 6.81. The Bertz CT molecular complexity index is 286. The second-order valence-electron chi connectivity index (χ2n) is 4.25. The number of aryl methyl sites for hydroxylation is 1. The normalized spacial score (nSPS) is 27.9. The zero-order valence-corrected chi connectivity index (χ0v) is 8.69. The van der Waals surface area contributed by atoms with Gasteiger partial charge in [0.15, 0.2) is 0 Å². The van der Waals surface area contributed by atoms with Crippen LogP contribution in [0, 0.1) is 5.92 Å². The Balaban J connectivity index is 1.99. The summed E-state index contributed by atoms with van der Waals surface area (Å²) in [4.78, 5) is 0. The van der Waals surface area contributed by atoms with Gasteiger partial charge in [0.25, 0.3) is 0 Å². The molecule has 0 saturated heterocycles. The summed E-state index contributed by atoms with van der Waals surface area (Å²) >= 11 is 0. The summed E-state index contributed by atoms with van der Waals surface area (Å²) in [6.45, 7) is 0.839. The van der Waals surface area contributed by atoms with Gasteiger partial charge < -0.3 is 10.3 Å². The Labute approximate surface area is 84.5 Å². The minimum absolute atomic E-state index is 0.602. The van der Waals surface area contributed by atoms with E-state index in [4.69, 9.17) is 5.73 Å². The minimum atomic E-state index is 0.602. The molecule has 1 aliphatic rings. The molecule has 2 N–H and O–H groups in total. The molecule has 0 aliphatic heterocycles. The molecule has 1 aromatic rings. The van der Waals surface area contributed by atoms with E-state index in [1.807, 2.05) is 11.6 Å². The third-order valence-electron chi connectivity index (χ3n) is 3.29. The van der Waals surface area contributed by atoms with Gasteiger partial charge in [-0.2, -0.15) is 0 Å². The van der Waals surface area contributed by atoms with E-state index in [1.165, 1.54) is 25.7 Å². The minimum Gasteiger partial charge on any atom is -0.330 e. The molecule has 4 heteroatoms. The van der Waals surface area contributed by atoms with Crippen molar-refractivity contribution in [3.8, 4) is 0 Å². The van der Waals surface area contributed by atoms with Gasteiger partial charge in [0, 0.05) is 13.0 Å². The maximum Gasteiger partial charge on any atom is 0.135 e. The van der Waals surface area contributed by atoms with Gasteiger partial charge in [0.05, 0.1) is 0 Å². The highest BCUT2D eigenvalue weighted by molar-refractivity contribution is 4.97. The maximum atomic E-state index is 5.66. The van der Waals surface area contributed by atoms with Gasteiger partial charge in [-0.05, 0) is 38.1 Å². The molecule has 0 unspecified atom stereocenters. The molecule has 1 heterocycles. The Morgan fingerprint density at radius 1 is 1.43 bits per heavy atom. The van der Waals surface area contributed by atoms with Crippen LogP contribution in [0.15, 0.2) is 6.33 Å². The number of aromatic nitrogens is 3. The smallest absolute Gasteiger partial charge is 0.135 e. The Kier molecular flexibility index (Phi) is 2.82. The van der Waals surface area contributed by atoms with Crippen molar-refractivity contribution in [2.45, 2.75) is 31.6 Å². The van der Waals surface area contributed by atoms with Gasteiger partial charge in [-0.15, -0.1) is 10.2 Å². The van der Waals surface area contributed by atoms with Crippen LogP contribution < -0.4 is 5.73 Å². The number of hydrogen-bond donors (Lipinski definition) is 1. The van der Waals surface area contributed by atoms with Crippen LogP contribution in [0.4, 0.5) is 0 Å². The van der Waals surface area contributed by atoms with Crippen LogP contribution in [0.25, 0.3) is 0 Å². The monoisotopic (exact) mass is 194 g/mol. The molecule has 0 bridgehead atoms. The average molecular weight is 194 g/mol. The number of nitrogens with two attached hydrogens (primary N) is 1. The van der Waals surface area contributed by atoms with E-state index in [0.717, 1.165) is 18.3 Å². The highest BCUT2D eigenvalue weighted by Crippen LogP contribution is 2.33. The summed E-state index contributed by atoms with van der Waals surface area (Å²) in [5, 5.41) is 8.10. The van der Waals surface area contributed by atoms with Crippen LogP contribution in [0.2, 0.25) is 0 Å². The van der Waals surface area contributed by atoms with E-state index in [0.29, 0.717) is 5.92 Å². The second-order valence-corrected chi connectivity index (χ2v) is 4.25. The van der Waals surface area contributed by atoms with Crippen LogP contribution in [0.3, 0.4) is 0 Å². The lowest BCUT2D eigenvalue weighted by Gasteiger charge is -2.26. The van der Waals surface area contributed by atoms with Crippen molar-refractivity contribution in [2.75, 3.05) is 6.54 Å². The van der Waals surface area contributed by atoms with E-state index < -0.39 is 0 Å². The first-order valence-corrected chi connectivity index (χ1v) is 5.35. The van der Waals surface area contributed by atoms with Crippen LogP contribution in [-0.2, 0) is 7.05 Å². The van der Waals surface area contributed by atoms with Gasteiger partial charge in [-0.25, -0.2) is 0 Å². The van der Waals surface area contributed by atoms with Gasteiger partial charge in [-0.1, -0.05) is 0 Å². The highest BCUT2D eigenvalue weighted by Gasteiger charge is 2.24. The Morgan fingerprint density at radius 3 is 2.64 bits per heavy atom. The van der Waals surface area contributed by atoms with Crippen molar-refractivity contribution < 1.29 is 0 Å². The quantitative estimate of drug-likeness (QED) is 0.765. The fraction of sp³-hybridized carbons (Fsp3) is 0.800. The summed E-state index contributed by atoms with van der Waals surface area (Å²) in [5.74, 6) is 2.48. The molecule has 0 radical (unpaired) electrons. The van der Waals surface area contributed by atoms with Gasteiger partial charge in [0.2, 0.25) is 0 Å². The first-order valence-electron chi connectivity index (χ1n) is 5.35. The molecule has 1 aromatic heterocycles. The van der Waals surface area contributed by atoms with E-state index >= 15 is 0 Å². The van der Waals surface area contributed by atoms with Crippen molar-refractivity contribution in [1.82, 2.24) is 14.8 Å². The van der Waals surface area contributed by atoms with Gasteiger partial charge in [0.1, 0.15) is 12.2 Å². The molecule has 78 valence electrons. The molecular weight excluding hydrogens is 176 g/mol. The zero-order chi connectivity index (χ0) is 9.97. The largest absolute Gasteiger partial charge is 0.330 e. The average Bonchev–Trinajstić information content (AvgIpc) is 2.65. The van der Waals surface area contributed by atoms with Crippen molar-refractivity contribution >= 4 is 0 Å². The predicted octanol–water partition coefficient (Wildman–Crippen LogP) is 1.05. The number of nitrogens with zero attached hydrogens (tertiary/aromatic N) is 3. The van der Waals surface area contributed by atoms with E-state index in [1.54, 1.807) is 6.33 Å². The lowest BCUT2D eigenvalue weighted by Crippen LogP contribution is -2.21. The molecule has 0 atom stereocenters. The van der Waals surface area contributed by atoms with E-state index in [-0.39, 0.29) is 0 Å². The van der Waals surface area contributed by atoms with Crippen LogP contribution in [0.5, 0.6) is 0 Å². The lowest BCUT2D eigenvalue weighted by atomic mass is 9.81. The molecule has 1 aliphatic carbocycles. The van der Waals surface area contributed by atoms with E-state index in [9.17, 15) is 0 Å². The molecule has 1 fully saturated rings. The van der Waals surface area contributed by atoms with Crippen LogP contribution in [-0.4, -0.2) is 21.3 Å². The summed E-state index contributed by atoms with van der Waals surface area (Å²) in [7, 11) is 2.02. The highest BCUT2D eigenvalue weighted by atomic mass is 15.2. The van der Waals surface area contributed by atoms with Gasteiger partial charge >= 0.3 is 0 Å². The topological polar surface area (TPSA) is 56.7 Å². The van der Waals surface area contributed by atoms with Crippen molar-refractivity contribution in [3.63, 3.8) is 0 Å². The molecule has 2 rings (SSSR count). The predicted molar refractivity (Wildman–Crippen MR) is 54.8 cm³/mol. The standard InChI is InChI=1S/C10H18N4/c1-14-7-12-13-10(14)9-4-2-8(6-11)3-5-9/h7-9H,2-6,11H2,1H3. The van der Waals surface area contributed by atoms with Crippen molar-refractivity contribution in [2.24, 2.45) is 18.7 Å². The molecule has 4 nitrogen and oxygen atoms in total. The zero-order valence-electron chi connectivity index (χ0n) is 8.69. The SMILES string of the molecule is Cn1cnnc1C1CCC(CN)CC1. The Morgan fingerprint density at radius 2 is 2.14 bits per heavy atom. The summed E-state index contributed by atoms with van der Waals surface area (Å²) in [6, 6.07) is 0. The second kappa shape index (κ2) is 4.09. The molecule has 0 amide bonds. The molecular formula is C10H18N4. The van der Waals surface area contributed by atoms with Crippen molar-refractivity contribution in [3.05, 3.63) is 12.2 Å². The number of hydrogen-bond acceptors (Lipinski definition) is 3. The molecule has 0 spiro atoms. The molecule has 14 heavy (non-hydrogen) atoms. The molecule has 1 saturated carbocycles. The third-order valence-corrected chi connectivity index (χ3v) is 3.29. The fourth-order valence-electron chi connectivity index (χ4n) is 2.32. The van der Waals surface area contributed by atoms with Gasteiger partial charge in [-0.3, -0.25) is 0 Å². The van der Waals surface area contributed by atoms with Crippen LogP contribution >= 0.6 is 0 Å². The summed E-state index contributed by atoms with van der Waals surface area (Å²) in [6.07, 6.45) is 6.70. The fourth-order valence-corrected chi connectivity index (χ4v) is 2.32. The lowest BCUT2D eigenvalue weighted by molar-refractivity contribution is 0.322. The van der Waals surface area contributed by atoms with E-state index in [2.05, 4.69) is 10.2 Å². The van der Waals surface area contributed by atoms with Crippen LogP contribution in [0.1, 0.15) is 37.4 Å². The van der Waals surface area contributed by atoms with Crippen molar-refractivity contribution in [1.29, 1.82) is 0 Å². The summed E-state index contributed by atoms with van der Waals surface area (Å²) < 4.78 is 2.04. The third kappa shape index (κ3) is 1.80. The maximum absolute atomic E-state index is 5.66. The first kappa shape index (κ1) is 9.65. The Hall–Kier alpha value is -0.900. The summed E-state index contributed by atoms with van der Waals surface area (Å²) in [5.41, 5.74) is 5.66.